The number of imidazole rings is 1. The van der Waals surface area contributed by atoms with Crippen molar-refractivity contribution in [3.63, 3.8) is 0 Å². The minimum absolute atomic E-state index is 0.0611. The van der Waals surface area contributed by atoms with Crippen molar-refractivity contribution in [2.75, 3.05) is 5.32 Å². The largest absolute Gasteiger partial charge is 0.486 e. The van der Waals surface area contributed by atoms with Crippen LogP contribution in [0.1, 0.15) is 11.4 Å². The fraction of sp³-hybridized carbons (Fsp3) is 0.0870. The van der Waals surface area contributed by atoms with Gasteiger partial charge in [0, 0.05) is 5.69 Å². The molecule has 3 aromatic carbocycles. The molecule has 0 saturated carbocycles. The van der Waals surface area contributed by atoms with E-state index < -0.39 is 0 Å². The van der Waals surface area contributed by atoms with E-state index in [4.69, 9.17) is 21.6 Å². The molecule has 0 unspecified atom stereocenters. The summed E-state index contributed by atoms with van der Waals surface area (Å²) in [6, 6.07) is 23.8. The average Bonchev–Trinajstić information content (AvgIpc) is 3.10. The molecular weight excluding hydrogens is 400 g/mol. The van der Waals surface area contributed by atoms with Gasteiger partial charge in [0.15, 0.2) is 0 Å². The Balaban J connectivity index is 1.55. The molecule has 30 heavy (non-hydrogen) atoms. The van der Waals surface area contributed by atoms with Crippen LogP contribution in [0.15, 0.2) is 72.8 Å². The lowest BCUT2D eigenvalue weighted by Crippen LogP contribution is -2.20. The number of para-hydroxylation sites is 3. The third-order valence-electron chi connectivity index (χ3n) is 4.52. The van der Waals surface area contributed by atoms with Gasteiger partial charge >= 0.3 is 0 Å². The summed E-state index contributed by atoms with van der Waals surface area (Å²) in [5, 5.41) is 12.1. The van der Waals surface area contributed by atoms with E-state index in [0.717, 1.165) is 16.8 Å². The molecule has 0 aliphatic carbocycles. The molecule has 1 amide bonds. The number of ether oxygens (including phenoxy) is 1. The van der Waals surface area contributed by atoms with Crippen LogP contribution >= 0.6 is 11.6 Å². The van der Waals surface area contributed by atoms with Crippen LogP contribution in [0.5, 0.6) is 5.75 Å². The Kier molecular flexibility index (Phi) is 5.64. The zero-order chi connectivity index (χ0) is 20.9. The van der Waals surface area contributed by atoms with E-state index in [1.165, 1.54) is 0 Å². The number of anilines is 1. The lowest BCUT2D eigenvalue weighted by Gasteiger charge is -2.11. The van der Waals surface area contributed by atoms with Gasteiger partial charge in [-0.15, -0.1) is 0 Å². The normalized spacial score (nSPS) is 10.5. The lowest BCUT2D eigenvalue weighted by atomic mass is 10.2. The summed E-state index contributed by atoms with van der Waals surface area (Å²) in [5.74, 6) is 1.14. The van der Waals surface area contributed by atoms with Gasteiger partial charge in [-0.05, 0) is 42.5 Å². The Labute approximate surface area is 178 Å². The average molecular weight is 417 g/mol. The van der Waals surface area contributed by atoms with Gasteiger partial charge in [0.1, 0.15) is 30.8 Å². The highest BCUT2D eigenvalue weighted by atomic mass is 35.5. The van der Waals surface area contributed by atoms with Crippen LogP contribution in [0.3, 0.4) is 0 Å². The number of nitrogens with zero attached hydrogens (tertiary/aromatic N) is 3. The Morgan fingerprint density at radius 1 is 1.10 bits per heavy atom. The van der Waals surface area contributed by atoms with Crippen molar-refractivity contribution in [1.29, 1.82) is 5.26 Å². The number of amides is 1. The highest BCUT2D eigenvalue weighted by Crippen LogP contribution is 2.21. The number of hydrogen-bond donors (Lipinski definition) is 1. The number of nitrogens with one attached hydrogen (secondary N) is 1. The number of halogens is 1. The van der Waals surface area contributed by atoms with Gasteiger partial charge in [-0.25, -0.2) is 4.98 Å². The lowest BCUT2D eigenvalue weighted by molar-refractivity contribution is -0.116. The standard InChI is InChI=1S/C23H17ClN4O2/c24-19-12-17(11-10-16(19)13-25)26-23(29)14-28-21-9-5-4-8-20(21)27-22(28)15-30-18-6-2-1-3-7-18/h1-12H,14-15H2,(H,26,29). The molecular formula is C23H17ClN4O2. The molecule has 1 N–H and O–H groups in total. The summed E-state index contributed by atoms with van der Waals surface area (Å²) < 4.78 is 7.67. The van der Waals surface area contributed by atoms with Crippen LogP contribution < -0.4 is 10.1 Å². The van der Waals surface area contributed by atoms with Crippen molar-refractivity contribution in [2.24, 2.45) is 0 Å². The number of rotatable bonds is 6. The molecule has 0 spiro atoms. The van der Waals surface area contributed by atoms with Gasteiger partial charge in [0.2, 0.25) is 5.91 Å². The van der Waals surface area contributed by atoms with Gasteiger partial charge in [0.05, 0.1) is 21.6 Å². The van der Waals surface area contributed by atoms with Crippen LogP contribution in [-0.2, 0) is 17.9 Å². The summed E-state index contributed by atoms with van der Waals surface area (Å²) >= 11 is 6.05. The summed E-state index contributed by atoms with van der Waals surface area (Å²) in [5.41, 5.74) is 2.52. The number of fused-ring (bicyclic) bond motifs is 1. The van der Waals surface area contributed by atoms with E-state index in [1.54, 1.807) is 18.2 Å². The number of hydrogen-bond acceptors (Lipinski definition) is 4. The van der Waals surface area contributed by atoms with E-state index in [2.05, 4.69) is 10.3 Å². The van der Waals surface area contributed by atoms with Crippen LogP contribution in [0.25, 0.3) is 11.0 Å². The highest BCUT2D eigenvalue weighted by molar-refractivity contribution is 6.32. The first-order valence-corrected chi connectivity index (χ1v) is 9.63. The summed E-state index contributed by atoms with van der Waals surface area (Å²) in [6.07, 6.45) is 0. The molecule has 4 aromatic rings. The van der Waals surface area contributed by atoms with E-state index >= 15 is 0 Å². The monoisotopic (exact) mass is 416 g/mol. The number of aromatic nitrogens is 2. The predicted molar refractivity (Wildman–Crippen MR) is 115 cm³/mol. The predicted octanol–water partition coefficient (Wildman–Crippen LogP) is 4.78. The molecule has 0 saturated heterocycles. The smallest absolute Gasteiger partial charge is 0.244 e. The van der Waals surface area contributed by atoms with Crippen molar-refractivity contribution in [1.82, 2.24) is 9.55 Å². The molecule has 0 bridgehead atoms. The second-order valence-corrected chi connectivity index (χ2v) is 6.97. The number of nitriles is 1. The van der Waals surface area contributed by atoms with Gasteiger partial charge in [-0.3, -0.25) is 4.79 Å². The second-order valence-electron chi connectivity index (χ2n) is 6.56. The fourth-order valence-electron chi connectivity index (χ4n) is 3.10. The molecule has 6 nitrogen and oxygen atoms in total. The van der Waals surface area contributed by atoms with Crippen molar-refractivity contribution < 1.29 is 9.53 Å². The van der Waals surface area contributed by atoms with Crippen molar-refractivity contribution in [2.45, 2.75) is 13.2 Å². The molecule has 0 aliphatic heterocycles. The zero-order valence-electron chi connectivity index (χ0n) is 15.9. The van der Waals surface area contributed by atoms with E-state index in [-0.39, 0.29) is 19.1 Å². The van der Waals surface area contributed by atoms with E-state index in [0.29, 0.717) is 22.1 Å². The van der Waals surface area contributed by atoms with Crippen molar-refractivity contribution in [3.8, 4) is 11.8 Å². The number of carbonyl (C=O) groups is 1. The first-order valence-electron chi connectivity index (χ1n) is 9.25. The van der Waals surface area contributed by atoms with Gasteiger partial charge < -0.3 is 14.6 Å². The molecule has 0 atom stereocenters. The summed E-state index contributed by atoms with van der Waals surface area (Å²) in [4.78, 5) is 17.3. The Hall–Kier alpha value is -3.82. The quantitative estimate of drug-likeness (QED) is 0.490. The van der Waals surface area contributed by atoms with Crippen LogP contribution in [0.2, 0.25) is 5.02 Å². The highest BCUT2D eigenvalue weighted by Gasteiger charge is 2.15. The summed E-state index contributed by atoms with van der Waals surface area (Å²) in [7, 11) is 0. The molecule has 0 radical (unpaired) electrons. The maximum Gasteiger partial charge on any atom is 0.244 e. The summed E-state index contributed by atoms with van der Waals surface area (Å²) in [6.45, 7) is 0.292. The molecule has 0 aliphatic rings. The minimum atomic E-state index is -0.236. The topological polar surface area (TPSA) is 79.9 Å². The number of carbonyl (C=O) groups excluding carboxylic acids is 1. The second kappa shape index (κ2) is 8.68. The van der Waals surface area contributed by atoms with Crippen molar-refractivity contribution >= 4 is 34.2 Å². The first kappa shape index (κ1) is 19.5. The Morgan fingerprint density at radius 2 is 1.87 bits per heavy atom. The molecule has 148 valence electrons. The SMILES string of the molecule is N#Cc1ccc(NC(=O)Cn2c(COc3ccccc3)nc3ccccc32)cc1Cl. The molecule has 1 aromatic heterocycles. The van der Waals surface area contributed by atoms with Crippen LogP contribution in [-0.4, -0.2) is 15.5 Å². The first-order chi connectivity index (χ1) is 14.6. The maximum absolute atomic E-state index is 12.7. The van der Waals surface area contributed by atoms with Gasteiger partial charge in [0.25, 0.3) is 0 Å². The van der Waals surface area contributed by atoms with E-state index in [9.17, 15) is 4.79 Å². The Bertz CT molecular complexity index is 1250. The minimum Gasteiger partial charge on any atom is -0.486 e. The van der Waals surface area contributed by atoms with E-state index in [1.807, 2.05) is 65.2 Å². The Morgan fingerprint density at radius 3 is 2.63 bits per heavy atom. The third kappa shape index (κ3) is 4.27. The molecule has 7 heteroatoms. The molecule has 0 fully saturated rings. The molecule has 4 rings (SSSR count). The molecule has 1 heterocycles. The van der Waals surface area contributed by atoms with Crippen LogP contribution in [0, 0.1) is 11.3 Å². The number of benzene rings is 3. The third-order valence-corrected chi connectivity index (χ3v) is 4.83. The van der Waals surface area contributed by atoms with Gasteiger partial charge in [-0.2, -0.15) is 5.26 Å². The van der Waals surface area contributed by atoms with Crippen molar-refractivity contribution in [3.05, 3.63) is 89.2 Å². The maximum atomic E-state index is 12.7. The van der Waals surface area contributed by atoms with Crippen LogP contribution in [0.4, 0.5) is 5.69 Å². The fourth-order valence-corrected chi connectivity index (χ4v) is 3.33. The zero-order valence-corrected chi connectivity index (χ0v) is 16.6. The van der Waals surface area contributed by atoms with Gasteiger partial charge in [-0.1, -0.05) is 41.9 Å².